The molecule has 0 radical (unpaired) electrons. The van der Waals surface area contributed by atoms with Gasteiger partial charge in [0.05, 0.1) is 19.6 Å². The van der Waals surface area contributed by atoms with Crippen LogP contribution in [0.25, 0.3) is 0 Å². The van der Waals surface area contributed by atoms with Gasteiger partial charge in [-0.25, -0.2) is 0 Å². The van der Waals surface area contributed by atoms with Crippen molar-refractivity contribution in [2.24, 2.45) is 5.73 Å². The molecule has 1 fully saturated rings. The monoisotopic (exact) mass is 226 g/mol. The molecule has 0 bridgehead atoms. The number of halogens is 3. The van der Waals surface area contributed by atoms with Gasteiger partial charge in [-0.2, -0.15) is 13.2 Å². The van der Waals surface area contributed by atoms with Crippen LogP contribution in [0.1, 0.15) is 6.92 Å². The Hall–Kier alpha value is -0.820. The van der Waals surface area contributed by atoms with Gasteiger partial charge in [-0.05, 0) is 6.92 Å². The number of likely N-dealkylation sites (tertiary alicyclic amines) is 1. The first kappa shape index (κ1) is 12.3. The van der Waals surface area contributed by atoms with Crippen molar-refractivity contribution in [2.75, 3.05) is 26.2 Å². The van der Waals surface area contributed by atoms with Crippen LogP contribution in [0.5, 0.6) is 0 Å². The topological polar surface area (TPSA) is 55.6 Å². The van der Waals surface area contributed by atoms with Gasteiger partial charge in [-0.1, -0.05) is 0 Å². The Morgan fingerprint density at radius 2 is 2.07 bits per heavy atom. The first-order chi connectivity index (χ1) is 6.86. The van der Waals surface area contributed by atoms with Gasteiger partial charge < -0.3 is 15.4 Å². The van der Waals surface area contributed by atoms with Crippen LogP contribution in [-0.4, -0.2) is 48.8 Å². The predicted molar refractivity (Wildman–Crippen MR) is 46.0 cm³/mol. The van der Waals surface area contributed by atoms with E-state index in [1.165, 1.54) is 6.92 Å². The summed E-state index contributed by atoms with van der Waals surface area (Å²) < 4.78 is 42.5. The standard InChI is InChI=1S/C8H13F3N2O2/c1-2-15-7(8(9,10)11)4-13(5-7)6(14)3-12/h2-5,12H2,1H3. The van der Waals surface area contributed by atoms with Crippen molar-refractivity contribution in [3.63, 3.8) is 0 Å². The second-order valence-electron chi connectivity index (χ2n) is 3.38. The third-order valence-electron chi connectivity index (χ3n) is 2.36. The molecular formula is C8H13F3N2O2. The summed E-state index contributed by atoms with van der Waals surface area (Å²) in [5.74, 6) is -0.491. The van der Waals surface area contributed by atoms with E-state index in [2.05, 4.69) is 0 Å². The molecule has 1 aliphatic heterocycles. The van der Waals surface area contributed by atoms with E-state index in [9.17, 15) is 18.0 Å². The number of carbonyl (C=O) groups is 1. The van der Waals surface area contributed by atoms with Crippen LogP contribution in [0.4, 0.5) is 13.2 Å². The molecule has 0 aromatic rings. The largest absolute Gasteiger partial charge is 0.420 e. The summed E-state index contributed by atoms with van der Waals surface area (Å²) >= 11 is 0. The maximum absolute atomic E-state index is 12.6. The average Bonchev–Trinajstić information content (AvgIpc) is 2.07. The fourth-order valence-electron chi connectivity index (χ4n) is 1.50. The molecular weight excluding hydrogens is 213 g/mol. The summed E-state index contributed by atoms with van der Waals surface area (Å²) in [7, 11) is 0. The van der Waals surface area contributed by atoms with Gasteiger partial charge >= 0.3 is 6.18 Å². The van der Waals surface area contributed by atoms with Crippen LogP contribution in [0.2, 0.25) is 0 Å². The highest BCUT2D eigenvalue weighted by atomic mass is 19.4. The van der Waals surface area contributed by atoms with Crippen LogP contribution >= 0.6 is 0 Å². The number of hydrogen-bond acceptors (Lipinski definition) is 3. The highest BCUT2D eigenvalue weighted by Crippen LogP contribution is 2.40. The Morgan fingerprint density at radius 3 is 2.40 bits per heavy atom. The molecule has 1 amide bonds. The lowest BCUT2D eigenvalue weighted by Crippen LogP contribution is -2.72. The zero-order valence-electron chi connectivity index (χ0n) is 8.30. The van der Waals surface area contributed by atoms with Crippen molar-refractivity contribution in [1.82, 2.24) is 4.90 Å². The molecule has 4 nitrogen and oxygen atoms in total. The van der Waals surface area contributed by atoms with Gasteiger partial charge in [0.25, 0.3) is 0 Å². The molecule has 1 aliphatic rings. The summed E-state index contributed by atoms with van der Waals surface area (Å²) in [5, 5.41) is 0. The molecule has 88 valence electrons. The van der Waals surface area contributed by atoms with E-state index in [4.69, 9.17) is 10.5 Å². The lowest BCUT2D eigenvalue weighted by Gasteiger charge is -2.49. The fraction of sp³-hybridized carbons (Fsp3) is 0.875. The number of ether oxygens (including phenoxy) is 1. The fourth-order valence-corrected chi connectivity index (χ4v) is 1.50. The van der Waals surface area contributed by atoms with E-state index in [-0.39, 0.29) is 13.2 Å². The first-order valence-corrected chi connectivity index (χ1v) is 4.55. The minimum absolute atomic E-state index is 0.0375. The number of nitrogens with two attached hydrogens (primary N) is 1. The lowest BCUT2D eigenvalue weighted by atomic mass is 9.93. The van der Waals surface area contributed by atoms with Crippen molar-refractivity contribution in [3.8, 4) is 0 Å². The minimum Gasteiger partial charge on any atom is -0.362 e. The zero-order chi connectivity index (χ0) is 11.7. The summed E-state index contributed by atoms with van der Waals surface area (Å²) in [6.45, 7) is 0.256. The SMILES string of the molecule is CCOC1(C(F)(F)F)CN(C(=O)CN)C1. The second-order valence-corrected chi connectivity index (χ2v) is 3.38. The highest BCUT2D eigenvalue weighted by Gasteiger charge is 2.63. The van der Waals surface area contributed by atoms with Crippen molar-refractivity contribution >= 4 is 5.91 Å². The number of hydrogen-bond donors (Lipinski definition) is 1. The molecule has 15 heavy (non-hydrogen) atoms. The van der Waals surface area contributed by atoms with E-state index in [0.29, 0.717) is 0 Å². The summed E-state index contributed by atoms with van der Waals surface area (Å²) in [4.78, 5) is 12.0. The molecule has 1 heterocycles. The molecule has 0 aliphatic carbocycles. The van der Waals surface area contributed by atoms with Gasteiger partial charge in [0, 0.05) is 6.61 Å². The van der Waals surface area contributed by atoms with Crippen LogP contribution in [0.15, 0.2) is 0 Å². The van der Waals surface area contributed by atoms with Crippen LogP contribution in [0.3, 0.4) is 0 Å². The molecule has 1 saturated heterocycles. The number of alkyl halides is 3. The molecule has 0 atom stereocenters. The normalized spacial score (nSPS) is 19.9. The van der Waals surface area contributed by atoms with E-state index in [1.807, 2.05) is 0 Å². The number of nitrogens with zero attached hydrogens (tertiary/aromatic N) is 1. The predicted octanol–water partition coefficient (Wildman–Crippen LogP) is 0.125. The van der Waals surface area contributed by atoms with Gasteiger partial charge in [0.15, 0.2) is 5.60 Å². The van der Waals surface area contributed by atoms with Crippen LogP contribution < -0.4 is 5.73 Å². The van der Waals surface area contributed by atoms with Crippen LogP contribution in [0, 0.1) is 0 Å². The van der Waals surface area contributed by atoms with E-state index in [1.54, 1.807) is 0 Å². The van der Waals surface area contributed by atoms with E-state index in [0.717, 1.165) is 4.90 Å². The molecule has 7 heteroatoms. The molecule has 0 aromatic carbocycles. The Balaban J connectivity index is 2.64. The quantitative estimate of drug-likeness (QED) is 0.744. The number of amides is 1. The first-order valence-electron chi connectivity index (χ1n) is 4.55. The molecule has 1 rings (SSSR count). The Bertz CT molecular complexity index is 249. The van der Waals surface area contributed by atoms with Gasteiger partial charge in [-0.3, -0.25) is 4.79 Å². The van der Waals surface area contributed by atoms with E-state index >= 15 is 0 Å². The molecule has 0 aromatic heterocycles. The smallest absolute Gasteiger partial charge is 0.362 e. The highest BCUT2D eigenvalue weighted by molar-refractivity contribution is 5.79. The molecule has 0 saturated carbocycles. The van der Waals surface area contributed by atoms with Gasteiger partial charge in [0.1, 0.15) is 0 Å². The average molecular weight is 226 g/mol. The van der Waals surface area contributed by atoms with Crippen molar-refractivity contribution in [2.45, 2.75) is 18.7 Å². The van der Waals surface area contributed by atoms with Crippen molar-refractivity contribution in [3.05, 3.63) is 0 Å². The lowest BCUT2D eigenvalue weighted by molar-refractivity contribution is -0.313. The maximum Gasteiger partial charge on any atom is 0.420 e. The van der Waals surface area contributed by atoms with Gasteiger partial charge in [0.2, 0.25) is 5.91 Å². The molecule has 0 unspecified atom stereocenters. The maximum atomic E-state index is 12.6. The molecule has 0 spiro atoms. The van der Waals surface area contributed by atoms with Gasteiger partial charge in [-0.15, -0.1) is 0 Å². The Labute approximate surface area is 85.2 Å². The molecule has 2 N–H and O–H groups in total. The minimum atomic E-state index is -4.45. The second kappa shape index (κ2) is 3.97. The number of rotatable bonds is 3. The summed E-state index contributed by atoms with van der Waals surface area (Å²) in [6.07, 6.45) is -4.45. The van der Waals surface area contributed by atoms with E-state index < -0.39 is 30.8 Å². The Kier molecular flexibility index (Phi) is 3.25. The summed E-state index contributed by atoms with van der Waals surface area (Å²) in [6, 6.07) is 0. The number of carbonyl (C=O) groups excluding carboxylic acids is 1. The Morgan fingerprint density at radius 1 is 1.53 bits per heavy atom. The third-order valence-corrected chi connectivity index (χ3v) is 2.36. The summed E-state index contributed by atoms with van der Waals surface area (Å²) in [5.41, 5.74) is 2.85. The van der Waals surface area contributed by atoms with Crippen molar-refractivity contribution < 1.29 is 22.7 Å². The van der Waals surface area contributed by atoms with Crippen molar-refractivity contribution in [1.29, 1.82) is 0 Å². The third kappa shape index (κ3) is 2.07. The zero-order valence-corrected chi connectivity index (χ0v) is 8.30. The van der Waals surface area contributed by atoms with Crippen LogP contribution in [-0.2, 0) is 9.53 Å².